The van der Waals surface area contributed by atoms with Crippen LogP contribution >= 0.6 is 12.4 Å². The van der Waals surface area contributed by atoms with Crippen LogP contribution in [0.15, 0.2) is 23.1 Å². The number of methoxy groups -OCH3 is 3. The van der Waals surface area contributed by atoms with Crippen molar-refractivity contribution in [3.05, 3.63) is 18.2 Å². The monoisotopic (exact) mass is 380 g/mol. The zero-order valence-electron chi connectivity index (χ0n) is 14.1. The zero-order valence-corrected chi connectivity index (χ0v) is 15.8. The van der Waals surface area contributed by atoms with Gasteiger partial charge in [0.2, 0.25) is 10.0 Å². The third-order valence-electron chi connectivity index (χ3n) is 4.02. The summed E-state index contributed by atoms with van der Waals surface area (Å²) in [4.78, 5) is 0.140. The quantitative estimate of drug-likeness (QED) is 0.704. The maximum Gasteiger partial charge on any atom is 0.240 e. The Balaban J connectivity index is 0.00000288. The minimum atomic E-state index is -3.64. The fraction of sp³-hybridized carbons (Fsp3) is 0.600. The Kier molecular flexibility index (Phi) is 7.75. The number of nitrogens with one attached hydrogen (secondary N) is 2. The molecule has 1 unspecified atom stereocenters. The van der Waals surface area contributed by atoms with Crippen molar-refractivity contribution in [1.29, 1.82) is 0 Å². The van der Waals surface area contributed by atoms with Gasteiger partial charge in [-0.1, -0.05) is 0 Å². The lowest BCUT2D eigenvalue weighted by molar-refractivity contribution is 0.122. The molecule has 1 aromatic rings. The Labute approximate surface area is 149 Å². The van der Waals surface area contributed by atoms with Gasteiger partial charge in [-0.05, 0) is 31.5 Å². The molecular weight excluding hydrogens is 356 g/mol. The van der Waals surface area contributed by atoms with Gasteiger partial charge in [-0.3, -0.25) is 0 Å². The normalized spacial score (nSPS) is 20.5. The Hall–Kier alpha value is -1.06. The molecule has 0 bridgehead atoms. The van der Waals surface area contributed by atoms with Crippen molar-refractivity contribution in [2.45, 2.75) is 23.3 Å². The predicted molar refractivity (Wildman–Crippen MR) is 93.8 cm³/mol. The Morgan fingerprint density at radius 2 is 1.92 bits per heavy atom. The molecule has 0 radical (unpaired) electrons. The topological polar surface area (TPSA) is 85.9 Å². The van der Waals surface area contributed by atoms with Crippen LogP contribution in [0.4, 0.5) is 0 Å². The van der Waals surface area contributed by atoms with Gasteiger partial charge in [0.15, 0.2) is 11.5 Å². The Bertz CT molecular complexity index is 633. The molecule has 1 aliphatic rings. The molecule has 0 amide bonds. The van der Waals surface area contributed by atoms with E-state index in [-0.39, 0.29) is 29.4 Å². The van der Waals surface area contributed by atoms with Crippen LogP contribution in [-0.4, -0.2) is 55.0 Å². The number of hydrogen-bond donors (Lipinski definition) is 2. The van der Waals surface area contributed by atoms with E-state index in [2.05, 4.69) is 10.0 Å². The van der Waals surface area contributed by atoms with E-state index in [0.29, 0.717) is 18.1 Å². The summed E-state index contributed by atoms with van der Waals surface area (Å²) in [7, 11) is 0.947. The fourth-order valence-corrected chi connectivity index (χ4v) is 3.91. The summed E-state index contributed by atoms with van der Waals surface area (Å²) in [6, 6.07) is 4.52. The molecule has 7 nitrogen and oxygen atoms in total. The van der Waals surface area contributed by atoms with Crippen LogP contribution in [0.3, 0.4) is 0 Å². The average Bonchev–Trinajstić information content (AvgIpc) is 3.02. The van der Waals surface area contributed by atoms with Crippen LogP contribution in [0.25, 0.3) is 0 Å². The highest BCUT2D eigenvalue weighted by molar-refractivity contribution is 7.89. The predicted octanol–water partition coefficient (Wildman–Crippen LogP) is 1.17. The second-order valence-corrected chi connectivity index (χ2v) is 7.35. The van der Waals surface area contributed by atoms with Crippen LogP contribution in [-0.2, 0) is 14.8 Å². The molecular formula is C15H25ClN2O5S. The van der Waals surface area contributed by atoms with Gasteiger partial charge < -0.3 is 19.5 Å². The van der Waals surface area contributed by atoms with Crippen LogP contribution in [0, 0.1) is 0 Å². The van der Waals surface area contributed by atoms with Crippen LogP contribution in [0.5, 0.6) is 11.5 Å². The largest absolute Gasteiger partial charge is 0.493 e. The van der Waals surface area contributed by atoms with Crippen LogP contribution < -0.4 is 19.5 Å². The van der Waals surface area contributed by atoms with E-state index in [1.807, 2.05) is 0 Å². The number of rotatable bonds is 8. The molecule has 24 heavy (non-hydrogen) atoms. The van der Waals surface area contributed by atoms with Gasteiger partial charge >= 0.3 is 0 Å². The minimum Gasteiger partial charge on any atom is -0.493 e. The SMILES string of the molecule is COCC1(CNS(=O)(=O)c2ccc(OC)c(OC)c2)CCCN1.Cl. The molecule has 1 fully saturated rings. The summed E-state index contributed by atoms with van der Waals surface area (Å²) in [5, 5.41) is 3.34. The Morgan fingerprint density at radius 3 is 2.46 bits per heavy atom. The van der Waals surface area contributed by atoms with Crippen LogP contribution in [0.2, 0.25) is 0 Å². The summed E-state index contributed by atoms with van der Waals surface area (Å²) >= 11 is 0. The Morgan fingerprint density at radius 1 is 1.21 bits per heavy atom. The molecule has 0 spiro atoms. The minimum absolute atomic E-state index is 0. The third-order valence-corrected chi connectivity index (χ3v) is 5.42. The van der Waals surface area contributed by atoms with Gasteiger partial charge in [0.1, 0.15) is 0 Å². The first-order valence-corrected chi connectivity index (χ1v) is 8.90. The standard InChI is InChI=1S/C15H24N2O5S.ClH/c1-20-11-15(7-4-8-16-15)10-17-23(18,19)12-5-6-13(21-2)14(9-12)22-3;/h5-6,9,16-17H,4,7-8,10-11H2,1-3H3;1H. The van der Waals surface area contributed by atoms with Crippen molar-refractivity contribution < 1.29 is 22.6 Å². The van der Waals surface area contributed by atoms with E-state index in [1.54, 1.807) is 13.2 Å². The van der Waals surface area contributed by atoms with Crippen molar-refractivity contribution in [3.8, 4) is 11.5 Å². The molecule has 0 aromatic heterocycles. The zero-order chi connectivity index (χ0) is 16.9. The highest BCUT2D eigenvalue weighted by Gasteiger charge is 2.34. The number of halogens is 1. The van der Waals surface area contributed by atoms with Crippen LogP contribution in [0.1, 0.15) is 12.8 Å². The lowest BCUT2D eigenvalue weighted by atomic mass is 9.99. The lowest BCUT2D eigenvalue weighted by Crippen LogP contribution is -2.52. The third kappa shape index (κ3) is 4.73. The maximum atomic E-state index is 12.5. The van der Waals surface area contributed by atoms with Crippen molar-refractivity contribution in [3.63, 3.8) is 0 Å². The second-order valence-electron chi connectivity index (χ2n) is 5.59. The smallest absolute Gasteiger partial charge is 0.240 e. The highest BCUT2D eigenvalue weighted by atomic mass is 35.5. The number of hydrogen-bond acceptors (Lipinski definition) is 6. The van der Waals surface area contributed by atoms with Crippen molar-refractivity contribution >= 4 is 22.4 Å². The molecule has 1 aromatic carbocycles. The number of ether oxygens (including phenoxy) is 3. The van der Waals surface area contributed by atoms with E-state index in [0.717, 1.165) is 19.4 Å². The maximum absolute atomic E-state index is 12.5. The summed E-state index contributed by atoms with van der Waals surface area (Å²) in [5.41, 5.74) is -0.349. The highest BCUT2D eigenvalue weighted by Crippen LogP contribution is 2.29. The first-order chi connectivity index (χ1) is 11.0. The molecule has 9 heteroatoms. The number of benzene rings is 1. The van der Waals surface area contributed by atoms with E-state index in [1.165, 1.54) is 26.4 Å². The molecule has 138 valence electrons. The van der Waals surface area contributed by atoms with E-state index in [9.17, 15) is 8.42 Å². The first-order valence-electron chi connectivity index (χ1n) is 7.42. The van der Waals surface area contributed by atoms with Gasteiger partial charge in [0.05, 0.1) is 31.3 Å². The molecule has 1 atom stereocenters. The fourth-order valence-electron chi connectivity index (χ4n) is 2.77. The molecule has 1 saturated heterocycles. The summed E-state index contributed by atoms with van der Waals surface area (Å²) < 4.78 is 43.2. The van der Waals surface area contributed by atoms with Crippen molar-refractivity contribution in [2.24, 2.45) is 0 Å². The van der Waals surface area contributed by atoms with Crippen molar-refractivity contribution in [1.82, 2.24) is 10.0 Å². The second kappa shape index (κ2) is 8.87. The molecule has 2 rings (SSSR count). The lowest BCUT2D eigenvalue weighted by Gasteiger charge is -2.28. The van der Waals surface area contributed by atoms with E-state index < -0.39 is 10.0 Å². The van der Waals surface area contributed by atoms with Crippen molar-refractivity contribution in [2.75, 3.05) is 41.0 Å². The van der Waals surface area contributed by atoms with Gasteiger partial charge in [-0.15, -0.1) is 12.4 Å². The summed E-state index contributed by atoms with van der Waals surface area (Å²) in [5.74, 6) is 0.862. The van der Waals surface area contributed by atoms with Gasteiger partial charge in [0.25, 0.3) is 0 Å². The van der Waals surface area contributed by atoms with Gasteiger partial charge in [-0.2, -0.15) is 0 Å². The van der Waals surface area contributed by atoms with Gasteiger partial charge in [0, 0.05) is 19.7 Å². The summed E-state index contributed by atoms with van der Waals surface area (Å²) in [6.45, 7) is 1.60. The molecule has 1 aliphatic heterocycles. The van der Waals surface area contributed by atoms with Gasteiger partial charge in [-0.25, -0.2) is 13.1 Å². The molecule has 0 saturated carbocycles. The average molecular weight is 381 g/mol. The summed E-state index contributed by atoms with van der Waals surface area (Å²) in [6.07, 6.45) is 1.87. The first kappa shape index (κ1) is 21.0. The van der Waals surface area contributed by atoms with E-state index in [4.69, 9.17) is 14.2 Å². The molecule has 2 N–H and O–H groups in total. The number of sulfonamides is 1. The van der Waals surface area contributed by atoms with E-state index >= 15 is 0 Å². The molecule has 1 heterocycles. The molecule has 0 aliphatic carbocycles.